The maximum absolute atomic E-state index is 12.5. The van der Waals surface area contributed by atoms with Crippen LogP contribution in [0.1, 0.15) is 291 Å². The summed E-state index contributed by atoms with van der Waals surface area (Å²) in [5.74, 6) is -0.839. The summed E-state index contributed by atoms with van der Waals surface area (Å²) < 4.78 is 6.00. The fraction of sp³-hybridized carbons (Fsp3) is 0.958. The third kappa shape index (κ3) is 48.9. The first-order chi connectivity index (χ1) is 25.5. The first-order valence-electron chi connectivity index (χ1n) is 23.9. The Morgan fingerprint density at radius 3 is 0.846 bits per heavy atom. The molecule has 0 saturated carbocycles. The number of carbonyl (C=O) groups excluding carboxylic acids is 2. The third-order valence-corrected chi connectivity index (χ3v) is 10.8. The zero-order valence-electron chi connectivity index (χ0n) is 36.2. The predicted molar refractivity (Wildman–Crippen MR) is 227 cm³/mol. The van der Waals surface area contributed by atoms with Crippen LogP contribution in [0.3, 0.4) is 0 Å². The molecule has 0 saturated heterocycles. The number of hydrogen-bond acceptors (Lipinski definition) is 4. The van der Waals surface area contributed by atoms with E-state index in [0.717, 1.165) is 32.1 Å². The Labute approximate surface area is 327 Å². The molecule has 0 aromatic carbocycles. The Balaban J connectivity index is 0. The van der Waals surface area contributed by atoms with Gasteiger partial charge < -0.3 is 14.6 Å². The maximum atomic E-state index is 12.5. The van der Waals surface area contributed by atoms with Gasteiger partial charge in [-0.1, -0.05) is 240 Å². The van der Waals surface area contributed by atoms with E-state index in [4.69, 9.17) is 4.74 Å². The van der Waals surface area contributed by atoms with Gasteiger partial charge in [0.15, 0.2) is 0 Å². The normalized spacial score (nSPS) is 11.7. The number of esters is 1. The van der Waals surface area contributed by atoms with Crippen LogP contribution in [0.5, 0.6) is 0 Å². The van der Waals surface area contributed by atoms with Crippen molar-refractivity contribution < 1.29 is 19.4 Å². The standard InChI is InChI=1S/C34H68O2.C14H28O2/c1-4-7-10-13-16-18-19-21-23-26-29-32-34(35)36-33(30-27-24-15-12-9-6-3)31-28-25-22-20-17-14-11-8-5-2;1-2-3-4-5-6-7-8-9-10-11-12-13-14(15)16/h33H,4-32H2,1-3H3;2-13H2,1H3,(H,15,16)/p-1. The summed E-state index contributed by atoms with van der Waals surface area (Å²) in [5.41, 5.74) is 0. The van der Waals surface area contributed by atoms with Gasteiger partial charge in [-0.05, 0) is 44.9 Å². The second-order valence-electron chi connectivity index (χ2n) is 16.2. The van der Waals surface area contributed by atoms with Crippen LogP contribution in [-0.4, -0.2) is 18.0 Å². The molecule has 0 rings (SSSR count). The van der Waals surface area contributed by atoms with Crippen molar-refractivity contribution >= 4 is 11.9 Å². The van der Waals surface area contributed by atoms with E-state index in [1.165, 1.54) is 218 Å². The van der Waals surface area contributed by atoms with E-state index in [2.05, 4.69) is 27.7 Å². The highest BCUT2D eigenvalue weighted by Crippen LogP contribution is 2.19. The van der Waals surface area contributed by atoms with Gasteiger partial charge in [-0.25, -0.2) is 0 Å². The summed E-state index contributed by atoms with van der Waals surface area (Å²) in [4.78, 5) is 22.7. The van der Waals surface area contributed by atoms with Gasteiger partial charge in [-0.15, -0.1) is 0 Å². The molecule has 0 aromatic rings. The quantitative estimate of drug-likeness (QED) is 0.0462. The molecule has 0 fully saturated rings. The van der Waals surface area contributed by atoms with Gasteiger partial charge in [0.2, 0.25) is 0 Å². The van der Waals surface area contributed by atoms with Crippen LogP contribution in [0.15, 0.2) is 0 Å². The van der Waals surface area contributed by atoms with Gasteiger partial charge in [0, 0.05) is 12.4 Å². The minimum absolute atomic E-state index is 0.0674. The molecule has 0 radical (unpaired) electrons. The van der Waals surface area contributed by atoms with Crippen molar-refractivity contribution in [2.75, 3.05) is 0 Å². The Hall–Kier alpha value is -1.06. The SMILES string of the molecule is CCCCCCCCCCCCCC(=O)OC(CCCCCCCC)CCCCCCCCCCC.CCCCCCCCCCCCCC(=O)[O-]. The summed E-state index contributed by atoms with van der Waals surface area (Å²) in [6, 6.07) is 0. The largest absolute Gasteiger partial charge is 0.550 e. The fourth-order valence-electron chi connectivity index (χ4n) is 7.21. The highest BCUT2D eigenvalue weighted by atomic mass is 16.5. The van der Waals surface area contributed by atoms with Crippen molar-refractivity contribution in [3.8, 4) is 0 Å². The van der Waals surface area contributed by atoms with Crippen LogP contribution in [0.25, 0.3) is 0 Å². The monoisotopic (exact) mass is 736 g/mol. The van der Waals surface area contributed by atoms with Gasteiger partial charge in [-0.3, -0.25) is 4.79 Å². The van der Waals surface area contributed by atoms with Gasteiger partial charge in [0.05, 0.1) is 0 Å². The van der Waals surface area contributed by atoms with Crippen molar-refractivity contribution in [2.24, 2.45) is 0 Å². The molecule has 0 aliphatic heterocycles. The average molecular weight is 736 g/mol. The lowest BCUT2D eigenvalue weighted by Gasteiger charge is -2.18. The second kappa shape index (κ2) is 48.0. The van der Waals surface area contributed by atoms with Crippen LogP contribution in [0, 0.1) is 0 Å². The van der Waals surface area contributed by atoms with Gasteiger partial charge >= 0.3 is 5.97 Å². The highest BCUT2D eigenvalue weighted by Gasteiger charge is 2.14. The van der Waals surface area contributed by atoms with Gasteiger partial charge in [0.1, 0.15) is 6.10 Å². The Morgan fingerprint density at radius 2 is 0.577 bits per heavy atom. The number of rotatable bonds is 42. The van der Waals surface area contributed by atoms with Crippen LogP contribution in [-0.2, 0) is 14.3 Å². The van der Waals surface area contributed by atoms with E-state index < -0.39 is 5.97 Å². The number of carboxylic acid groups (broad SMARTS) is 1. The number of carbonyl (C=O) groups is 2. The van der Waals surface area contributed by atoms with Crippen molar-refractivity contribution in [1.82, 2.24) is 0 Å². The highest BCUT2D eigenvalue weighted by molar-refractivity contribution is 5.69. The lowest BCUT2D eigenvalue weighted by molar-refractivity contribution is -0.305. The molecule has 1 unspecified atom stereocenters. The van der Waals surface area contributed by atoms with Crippen molar-refractivity contribution in [3.05, 3.63) is 0 Å². The molecule has 0 heterocycles. The van der Waals surface area contributed by atoms with E-state index >= 15 is 0 Å². The Bertz CT molecular complexity index is 677. The molecule has 0 aliphatic rings. The summed E-state index contributed by atoms with van der Waals surface area (Å²) in [5, 5.41) is 10.1. The summed E-state index contributed by atoms with van der Waals surface area (Å²) >= 11 is 0. The van der Waals surface area contributed by atoms with Crippen LogP contribution in [0.2, 0.25) is 0 Å². The van der Waals surface area contributed by atoms with Crippen molar-refractivity contribution in [3.63, 3.8) is 0 Å². The minimum atomic E-state index is -0.907. The van der Waals surface area contributed by atoms with Crippen LogP contribution in [0.4, 0.5) is 0 Å². The molecule has 0 amide bonds. The van der Waals surface area contributed by atoms with Crippen LogP contribution >= 0.6 is 0 Å². The molecule has 52 heavy (non-hydrogen) atoms. The number of carboxylic acids is 1. The fourth-order valence-corrected chi connectivity index (χ4v) is 7.21. The smallest absolute Gasteiger partial charge is 0.306 e. The molecule has 0 bridgehead atoms. The first kappa shape index (κ1) is 53.0. The first-order valence-corrected chi connectivity index (χ1v) is 23.9. The number of aliphatic carboxylic acids is 1. The Kier molecular flexibility index (Phi) is 48.9. The predicted octanol–water partition coefficient (Wildman–Crippen LogP) is 15.7. The average Bonchev–Trinajstić information content (AvgIpc) is 3.13. The molecular formula is C48H95O4-. The molecule has 1 atom stereocenters. The number of hydrogen-bond donors (Lipinski definition) is 0. The van der Waals surface area contributed by atoms with Gasteiger partial charge in [0.25, 0.3) is 0 Å². The molecule has 0 aromatic heterocycles. The summed E-state index contributed by atoms with van der Waals surface area (Å²) in [7, 11) is 0. The molecule has 0 spiro atoms. The van der Waals surface area contributed by atoms with Gasteiger partial charge in [-0.2, -0.15) is 0 Å². The Morgan fingerprint density at radius 1 is 0.346 bits per heavy atom. The minimum Gasteiger partial charge on any atom is -0.550 e. The van der Waals surface area contributed by atoms with E-state index in [1.54, 1.807) is 0 Å². The maximum Gasteiger partial charge on any atom is 0.306 e. The lowest BCUT2D eigenvalue weighted by atomic mass is 10.0. The lowest BCUT2D eigenvalue weighted by Crippen LogP contribution is -2.21. The number of unbranched alkanes of at least 4 members (excludes halogenated alkanes) is 33. The van der Waals surface area contributed by atoms with E-state index in [0.29, 0.717) is 6.42 Å². The molecule has 0 N–H and O–H groups in total. The second-order valence-corrected chi connectivity index (χ2v) is 16.2. The van der Waals surface area contributed by atoms with E-state index in [-0.39, 0.29) is 18.5 Å². The molecule has 0 aliphatic carbocycles. The van der Waals surface area contributed by atoms with E-state index in [9.17, 15) is 14.7 Å². The molecule has 4 nitrogen and oxygen atoms in total. The zero-order chi connectivity index (χ0) is 38.4. The van der Waals surface area contributed by atoms with Crippen LogP contribution < -0.4 is 5.11 Å². The van der Waals surface area contributed by atoms with Crippen molar-refractivity contribution in [1.29, 1.82) is 0 Å². The number of ether oxygens (including phenoxy) is 1. The summed E-state index contributed by atoms with van der Waals surface area (Å²) in [6.07, 6.45) is 51.6. The molecule has 312 valence electrons. The topological polar surface area (TPSA) is 66.4 Å². The molecular weight excluding hydrogens is 641 g/mol. The van der Waals surface area contributed by atoms with Crippen molar-refractivity contribution in [2.45, 2.75) is 297 Å². The molecule has 4 heteroatoms. The van der Waals surface area contributed by atoms with E-state index in [1.807, 2.05) is 0 Å². The zero-order valence-corrected chi connectivity index (χ0v) is 36.2. The summed E-state index contributed by atoms with van der Waals surface area (Å²) in [6.45, 7) is 9.08. The third-order valence-electron chi connectivity index (χ3n) is 10.8.